The summed E-state index contributed by atoms with van der Waals surface area (Å²) in [5.41, 5.74) is 0.764. The first-order chi connectivity index (χ1) is 8.58. The Labute approximate surface area is 109 Å². The van der Waals surface area contributed by atoms with E-state index >= 15 is 0 Å². The maximum Gasteiger partial charge on any atom is 0.337 e. The van der Waals surface area contributed by atoms with Gasteiger partial charge in [-0.05, 0) is 18.2 Å². The molecule has 1 aliphatic rings. The smallest absolute Gasteiger partial charge is 0.337 e. The number of carbonyl (C=O) groups is 2. The van der Waals surface area contributed by atoms with Gasteiger partial charge in [0, 0.05) is 31.1 Å². The summed E-state index contributed by atoms with van der Waals surface area (Å²) in [6.07, 6.45) is 0.353. The van der Waals surface area contributed by atoms with E-state index in [1.165, 1.54) is 6.07 Å². The van der Waals surface area contributed by atoms with Gasteiger partial charge in [-0.15, -0.1) is 0 Å². The SMILES string of the molecule is O=C1CCN(c2cc(Cl)ccc2C(=O)O)CCN1. The average molecular weight is 269 g/mol. The van der Waals surface area contributed by atoms with Gasteiger partial charge in [0.2, 0.25) is 5.91 Å². The number of anilines is 1. The number of hydrogen-bond acceptors (Lipinski definition) is 3. The molecule has 6 heteroatoms. The number of nitrogens with one attached hydrogen (secondary N) is 1. The first-order valence-electron chi connectivity index (χ1n) is 5.62. The summed E-state index contributed by atoms with van der Waals surface area (Å²) < 4.78 is 0. The fourth-order valence-corrected chi connectivity index (χ4v) is 2.12. The van der Waals surface area contributed by atoms with Gasteiger partial charge >= 0.3 is 5.97 Å². The standard InChI is InChI=1S/C12H13ClN2O3/c13-8-1-2-9(12(17)18)10(7-8)15-5-3-11(16)14-4-6-15/h1-2,7H,3-6H2,(H,14,16)(H,17,18). The molecule has 0 aliphatic carbocycles. The van der Waals surface area contributed by atoms with Crippen LogP contribution in [0.3, 0.4) is 0 Å². The predicted octanol–water partition coefficient (Wildman–Crippen LogP) is 1.36. The highest BCUT2D eigenvalue weighted by molar-refractivity contribution is 6.31. The molecule has 96 valence electrons. The number of benzene rings is 1. The Bertz CT molecular complexity index is 490. The largest absolute Gasteiger partial charge is 0.478 e. The predicted molar refractivity (Wildman–Crippen MR) is 68.3 cm³/mol. The fraction of sp³-hybridized carbons (Fsp3) is 0.333. The Morgan fingerprint density at radius 1 is 1.39 bits per heavy atom. The number of hydrogen-bond donors (Lipinski definition) is 2. The molecule has 2 rings (SSSR count). The maximum absolute atomic E-state index is 11.3. The molecule has 1 fully saturated rings. The van der Waals surface area contributed by atoms with E-state index in [9.17, 15) is 9.59 Å². The summed E-state index contributed by atoms with van der Waals surface area (Å²) in [4.78, 5) is 24.3. The van der Waals surface area contributed by atoms with Crippen LogP contribution < -0.4 is 10.2 Å². The van der Waals surface area contributed by atoms with Crippen molar-refractivity contribution in [1.29, 1.82) is 0 Å². The van der Waals surface area contributed by atoms with Crippen LogP contribution in [0.15, 0.2) is 18.2 Å². The molecule has 0 bridgehead atoms. The van der Waals surface area contributed by atoms with Crippen molar-refractivity contribution in [2.24, 2.45) is 0 Å². The summed E-state index contributed by atoms with van der Waals surface area (Å²) in [5, 5.41) is 12.4. The lowest BCUT2D eigenvalue weighted by Gasteiger charge is -2.23. The number of carbonyl (C=O) groups excluding carboxylic acids is 1. The fourth-order valence-electron chi connectivity index (χ4n) is 1.96. The number of halogens is 1. The molecule has 18 heavy (non-hydrogen) atoms. The number of carboxylic acid groups (broad SMARTS) is 1. The van der Waals surface area contributed by atoms with Gasteiger partial charge in [0.25, 0.3) is 0 Å². The van der Waals surface area contributed by atoms with E-state index in [4.69, 9.17) is 16.7 Å². The molecule has 0 spiro atoms. The van der Waals surface area contributed by atoms with Gasteiger partial charge in [-0.3, -0.25) is 4.79 Å². The van der Waals surface area contributed by atoms with Gasteiger partial charge in [0.1, 0.15) is 0 Å². The van der Waals surface area contributed by atoms with Crippen LogP contribution >= 0.6 is 11.6 Å². The first kappa shape index (κ1) is 12.7. The van der Waals surface area contributed by atoms with Crippen LogP contribution in [0.1, 0.15) is 16.8 Å². The highest BCUT2D eigenvalue weighted by Gasteiger charge is 2.19. The Morgan fingerprint density at radius 3 is 2.89 bits per heavy atom. The molecule has 1 saturated heterocycles. The summed E-state index contributed by atoms with van der Waals surface area (Å²) in [6.45, 7) is 1.57. The second kappa shape index (κ2) is 5.27. The van der Waals surface area contributed by atoms with Crippen molar-refractivity contribution in [3.05, 3.63) is 28.8 Å². The Kier molecular flexibility index (Phi) is 3.72. The first-order valence-corrected chi connectivity index (χ1v) is 6.00. The van der Waals surface area contributed by atoms with E-state index in [-0.39, 0.29) is 11.5 Å². The maximum atomic E-state index is 11.3. The van der Waals surface area contributed by atoms with Gasteiger partial charge in [-0.25, -0.2) is 4.79 Å². The van der Waals surface area contributed by atoms with E-state index in [0.29, 0.717) is 36.8 Å². The minimum absolute atomic E-state index is 0.0172. The molecule has 0 aromatic heterocycles. The van der Waals surface area contributed by atoms with Crippen molar-refractivity contribution >= 4 is 29.2 Å². The minimum atomic E-state index is -0.995. The molecule has 0 saturated carbocycles. The zero-order valence-corrected chi connectivity index (χ0v) is 10.4. The summed E-state index contributed by atoms with van der Waals surface area (Å²) >= 11 is 5.91. The molecular weight excluding hydrogens is 256 g/mol. The molecule has 1 aliphatic heterocycles. The average Bonchev–Trinajstić information content (AvgIpc) is 2.53. The monoisotopic (exact) mass is 268 g/mol. The third-order valence-electron chi connectivity index (χ3n) is 2.84. The molecule has 0 unspecified atom stereocenters. The van der Waals surface area contributed by atoms with Gasteiger partial charge in [-0.2, -0.15) is 0 Å². The normalized spacial score (nSPS) is 16.1. The Hall–Kier alpha value is -1.75. The number of nitrogens with zero attached hydrogens (tertiary/aromatic N) is 1. The zero-order valence-electron chi connectivity index (χ0n) is 9.65. The molecule has 1 amide bonds. The molecule has 0 atom stereocenters. The molecule has 2 N–H and O–H groups in total. The third-order valence-corrected chi connectivity index (χ3v) is 3.08. The van der Waals surface area contributed by atoms with E-state index < -0.39 is 5.97 Å². The summed E-state index contributed by atoms with van der Waals surface area (Å²) in [5.74, 6) is -1.01. The van der Waals surface area contributed by atoms with Gasteiger partial charge in [0.05, 0.1) is 11.3 Å². The quantitative estimate of drug-likeness (QED) is 0.850. The summed E-state index contributed by atoms with van der Waals surface area (Å²) in [7, 11) is 0. The molecule has 1 aromatic carbocycles. The van der Waals surface area contributed by atoms with Gasteiger partial charge in [-0.1, -0.05) is 11.6 Å². The van der Waals surface area contributed by atoms with Crippen molar-refractivity contribution in [3.63, 3.8) is 0 Å². The third kappa shape index (κ3) is 2.73. The van der Waals surface area contributed by atoms with Crippen LogP contribution in [0.4, 0.5) is 5.69 Å². The molecule has 1 aromatic rings. The van der Waals surface area contributed by atoms with E-state index in [1.807, 2.05) is 4.90 Å². The number of rotatable bonds is 2. The number of amides is 1. The van der Waals surface area contributed by atoms with Crippen molar-refractivity contribution in [1.82, 2.24) is 5.32 Å². The van der Waals surface area contributed by atoms with Crippen LogP contribution in [0.25, 0.3) is 0 Å². The second-order valence-corrected chi connectivity index (χ2v) is 4.49. The lowest BCUT2D eigenvalue weighted by molar-refractivity contribution is -0.120. The molecular formula is C12H13ClN2O3. The van der Waals surface area contributed by atoms with Crippen LogP contribution in [0, 0.1) is 0 Å². The zero-order chi connectivity index (χ0) is 13.1. The van der Waals surface area contributed by atoms with Crippen molar-refractivity contribution < 1.29 is 14.7 Å². The van der Waals surface area contributed by atoms with Gasteiger partial charge < -0.3 is 15.3 Å². The minimum Gasteiger partial charge on any atom is -0.478 e. The molecule has 5 nitrogen and oxygen atoms in total. The van der Waals surface area contributed by atoms with Gasteiger partial charge in [0.15, 0.2) is 0 Å². The number of carboxylic acids is 1. The van der Waals surface area contributed by atoms with Crippen LogP contribution in [-0.2, 0) is 4.79 Å². The second-order valence-electron chi connectivity index (χ2n) is 4.05. The van der Waals surface area contributed by atoms with Crippen molar-refractivity contribution in [3.8, 4) is 0 Å². The van der Waals surface area contributed by atoms with E-state index in [1.54, 1.807) is 12.1 Å². The van der Waals surface area contributed by atoms with Crippen LogP contribution in [-0.4, -0.2) is 36.6 Å². The molecule has 1 heterocycles. The van der Waals surface area contributed by atoms with E-state index in [0.717, 1.165) is 0 Å². The topological polar surface area (TPSA) is 69.6 Å². The van der Waals surface area contributed by atoms with E-state index in [2.05, 4.69) is 5.32 Å². The lowest BCUT2D eigenvalue weighted by atomic mass is 10.1. The highest BCUT2D eigenvalue weighted by atomic mass is 35.5. The molecule has 0 radical (unpaired) electrons. The lowest BCUT2D eigenvalue weighted by Crippen LogP contribution is -2.29. The van der Waals surface area contributed by atoms with Crippen LogP contribution in [0.2, 0.25) is 5.02 Å². The van der Waals surface area contributed by atoms with Crippen LogP contribution in [0.5, 0.6) is 0 Å². The van der Waals surface area contributed by atoms with Crippen molar-refractivity contribution in [2.75, 3.05) is 24.5 Å². The van der Waals surface area contributed by atoms with Crippen molar-refractivity contribution in [2.45, 2.75) is 6.42 Å². The Balaban J connectivity index is 2.33. The highest BCUT2D eigenvalue weighted by Crippen LogP contribution is 2.25. The summed E-state index contributed by atoms with van der Waals surface area (Å²) in [6, 6.07) is 4.66. The Morgan fingerprint density at radius 2 is 2.17 bits per heavy atom. The number of aromatic carboxylic acids is 1.